The minimum Gasteiger partial charge on any atom is -0.463 e. The molecule has 5 heteroatoms. The van der Waals surface area contributed by atoms with E-state index in [1.807, 2.05) is 0 Å². The SMILES string of the molecule is [CH2]CCCOC(=O)C(Cl)(Cl)Cl. The normalized spacial score (nSPS) is 11.3. The van der Waals surface area contributed by atoms with Gasteiger partial charge in [0.2, 0.25) is 0 Å². The van der Waals surface area contributed by atoms with Crippen molar-refractivity contribution >= 4 is 40.8 Å². The van der Waals surface area contributed by atoms with Crippen molar-refractivity contribution in [3.63, 3.8) is 0 Å². The van der Waals surface area contributed by atoms with Gasteiger partial charge in [-0.3, -0.25) is 0 Å². The van der Waals surface area contributed by atoms with E-state index < -0.39 is 9.76 Å². The summed E-state index contributed by atoms with van der Waals surface area (Å²) < 4.78 is 2.61. The van der Waals surface area contributed by atoms with Crippen LogP contribution in [0.2, 0.25) is 0 Å². The molecule has 0 saturated heterocycles. The Bertz CT molecular complexity index is 130. The van der Waals surface area contributed by atoms with Crippen molar-refractivity contribution in [2.45, 2.75) is 16.6 Å². The lowest BCUT2D eigenvalue weighted by molar-refractivity contribution is -0.142. The third-order valence-electron chi connectivity index (χ3n) is 0.859. The topological polar surface area (TPSA) is 26.3 Å². The fourth-order valence-corrected chi connectivity index (χ4v) is 0.512. The van der Waals surface area contributed by atoms with E-state index in [2.05, 4.69) is 11.7 Å². The van der Waals surface area contributed by atoms with Gasteiger partial charge in [0, 0.05) is 0 Å². The Labute approximate surface area is 80.7 Å². The summed E-state index contributed by atoms with van der Waals surface area (Å²) in [5, 5.41) is 0. The van der Waals surface area contributed by atoms with Crippen molar-refractivity contribution in [3.8, 4) is 0 Å². The van der Waals surface area contributed by atoms with Gasteiger partial charge in [-0.2, -0.15) is 0 Å². The van der Waals surface area contributed by atoms with Gasteiger partial charge in [-0.05, 0) is 6.42 Å². The van der Waals surface area contributed by atoms with Crippen LogP contribution in [0.1, 0.15) is 12.8 Å². The number of hydrogen-bond acceptors (Lipinski definition) is 2. The number of ether oxygens (including phenoxy) is 1. The van der Waals surface area contributed by atoms with E-state index in [0.29, 0.717) is 12.8 Å². The summed E-state index contributed by atoms with van der Waals surface area (Å²) in [5.41, 5.74) is 0. The van der Waals surface area contributed by atoms with Crippen LogP contribution in [0, 0.1) is 6.92 Å². The average Bonchev–Trinajstić information content (AvgIpc) is 1.86. The van der Waals surface area contributed by atoms with Crippen LogP contribution in [0.4, 0.5) is 0 Å². The molecule has 0 saturated carbocycles. The Morgan fingerprint density at radius 3 is 2.36 bits per heavy atom. The summed E-state index contributed by atoms with van der Waals surface area (Å²) >= 11 is 15.6. The van der Waals surface area contributed by atoms with E-state index in [1.54, 1.807) is 0 Å². The first-order valence-electron chi connectivity index (χ1n) is 3.01. The highest BCUT2D eigenvalue weighted by Gasteiger charge is 2.32. The molecule has 0 atom stereocenters. The predicted octanol–water partition coefficient (Wildman–Crippen LogP) is 2.51. The lowest BCUT2D eigenvalue weighted by atomic mass is 10.4. The average molecular weight is 218 g/mol. The minimum absolute atomic E-state index is 0.246. The Kier molecular flexibility index (Phi) is 5.23. The lowest BCUT2D eigenvalue weighted by Crippen LogP contribution is -2.22. The highest BCUT2D eigenvalue weighted by molar-refractivity contribution is 6.75. The van der Waals surface area contributed by atoms with Crippen molar-refractivity contribution in [2.75, 3.05) is 6.61 Å². The quantitative estimate of drug-likeness (QED) is 0.413. The summed E-state index contributed by atoms with van der Waals surface area (Å²) in [7, 11) is 0. The van der Waals surface area contributed by atoms with Gasteiger partial charge in [-0.25, -0.2) is 4.79 Å². The molecule has 2 nitrogen and oxygen atoms in total. The second-order valence-electron chi connectivity index (χ2n) is 1.84. The summed E-state index contributed by atoms with van der Waals surface area (Å²) in [6, 6.07) is 0. The van der Waals surface area contributed by atoms with E-state index >= 15 is 0 Å². The van der Waals surface area contributed by atoms with Gasteiger partial charge in [0.05, 0.1) is 6.61 Å². The Morgan fingerprint density at radius 2 is 2.00 bits per heavy atom. The van der Waals surface area contributed by atoms with Crippen LogP contribution in [-0.2, 0) is 9.53 Å². The van der Waals surface area contributed by atoms with Crippen LogP contribution in [0.5, 0.6) is 0 Å². The second-order valence-corrected chi connectivity index (χ2v) is 4.12. The molecule has 0 amide bonds. The number of unbranched alkanes of at least 4 members (excludes halogenated alkanes) is 1. The molecule has 11 heavy (non-hydrogen) atoms. The molecule has 0 spiro atoms. The molecule has 0 aromatic rings. The van der Waals surface area contributed by atoms with Crippen molar-refractivity contribution in [2.24, 2.45) is 0 Å². The summed E-state index contributed by atoms with van der Waals surface area (Å²) in [6.45, 7) is 3.80. The molecule has 0 unspecified atom stereocenters. The maximum atomic E-state index is 10.7. The van der Waals surface area contributed by atoms with Gasteiger partial charge in [-0.1, -0.05) is 48.1 Å². The molecule has 0 heterocycles. The smallest absolute Gasteiger partial charge is 0.358 e. The van der Waals surface area contributed by atoms with Crippen LogP contribution in [0.15, 0.2) is 0 Å². The molecule has 0 aromatic carbocycles. The molecule has 0 aliphatic heterocycles. The zero-order chi connectivity index (χ0) is 8.91. The van der Waals surface area contributed by atoms with Crippen molar-refractivity contribution in [1.82, 2.24) is 0 Å². The van der Waals surface area contributed by atoms with Gasteiger partial charge >= 0.3 is 5.97 Å². The number of carbonyl (C=O) groups excluding carboxylic acids is 1. The van der Waals surface area contributed by atoms with E-state index in [0.717, 1.165) is 0 Å². The van der Waals surface area contributed by atoms with Crippen LogP contribution in [-0.4, -0.2) is 16.4 Å². The number of hydrogen-bond donors (Lipinski definition) is 0. The van der Waals surface area contributed by atoms with Gasteiger partial charge in [0.15, 0.2) is 0 Å². The van der Waals surface area contributed by atoms with Crippen LogP contribution < -0.4 is 0 Å². The third kappa shape index (κ3) is 5.59. The molecule has 0 aliphatic rings. The predicted molar refractivity (Wildman–Crippen MR) is 45.8 cm³/mol. The first-order chi connectivity index (χ1) is 4.98. The number of halogens is 3. The highest BCUT2D eigenvalue weighted by atomic mass is 35.6. The number of alkyl halides is 3. The molecule has 0 rings (SSSR count). The maximum Gasteiger partial charge on any atom is 0.358 e. The van der Waals surface area contributed by atoms with Gasteiger partial charge in [0.1, 0.15) is 0 Å². The van der Waals surface area contributed by atoms with Crippen molar-refractivity contribution < 1.29 is 9.53 Å². The van der Waals surface area contributed by atoms with E-state index in [9.17, 15) is 4.79 Å². The minimum atomic E-state index is -1.96. The summed E-state index contributed by atoms with van der Waals surface area (Å²) in [6.07, 6.45) is 1.36. The lowest BCUT2D eigenvalue weighted by Gasteiger charge is -2.09. The van der Waals surface area contributed by atoms with Gasteiger partial charge in [0.25, 0.3) is 3.79 Å². The van der Waals surface area contributed by atoms with Crippen LogP contribution in [0.3, 0.4) is 0 Å². The molecule has 0 aliphatic carbocycles. The summed E-state index contributed by atoms with van der Waals surface area (Å²) in [4.78, 5) is 10.7. The van der Waals surface area contributed by atoms with Crippen LogP contribution in [0.25, 0.3) is 0 Å². The summed E-state index contributed by atoms with van der Waals surface area (Å²) in [5.74, 6) is -0.837. The zero-order valence-corrected chi connectivity index (χ0v) is 8.05. The monoisotopic (exact) mass is 217 g/mol. The molecule has 0 fully saturated rings. The molecule has 0 aromatic heterocycles. The fraction of sp³-hybridized carbons (Fsp3) is 0.667. The molecular weight excluding hydrogens is 210 g/mol. The van der Waals surface area contributed by atoms with Crippen LogP contribution >= 0.6 is 34.8 Å². The van der Waals surface area contributed by atoms with E-state index in [-0.39, 0.29) is 6.61 Å². The van der Waals surface area contributed by atoms with Crippen molar-refractivity contribution in [1.29, 1.82) is 0 Å². The van der Waals surface area contributed by atoms with E-state index in [1.165, 1.54) is 0 Å². The Morgan fingerprint density at radius 1 is 1.45 bits per heavy atom. The molecule has 0 N–H and O–H groups in total. The second kappa shape index (κ2) is 5.07. The molecule has 0 bridgehead atoms. The first kappa shape index (κ1) is 11.3. The van der Waals surface area contributed by atoms with Gasteiger partial charge in [-0.15, -0.1) is 0 Å². The number of rotatable bonds is 3. The Balaban J connectivity index is 3.54. The highest BCUT2D eigenvalue weighted by Crippen LogP contribution is 2.27. The zero-order valence-electron chi connectivity index (χ0n) is 5.78. The van der Waals surface area contributed by atoms with Crippen molar-refractivity contribution in [3.05, 3.63) is 6.92 Å². The number of esters is 1. The largest absolute Gasteiger partial charge is 0.463 e. The van der Waals surface area contributed by atoms with Gasteiger partial charge < -0.3 is 4.74 Å². The Hall–Kier alpha value is 0.340. The maximum absolute atomic E-state index is 10.7. The molecule has 1 radical (unpaired) electrons. The standard InChI is InChI=1S/C6H8Cl3O2/c1-2-3-4-11-5(10)6(7,8)9/h1-4H2. The molecular formula is C6H8Cl3O2. The number of carbonyl (C=O) groups is 1. The molecule has 65 valence electrons. The third-order valence-corrected chi connectivity index (χ3v) is 1.32. The first-order valence-corrected chi connectivity index (χ1v) is 4.15. The fourth-order valence-electron chi connectivity index (χ4n) is 0.349. The van der Waals surface area contributed by atoms with E-state index in [4.69, 9.17) is 34.8 Å².